The molecule has 3 rings (SSSR count). The fourth-order valence-corrected chi connectivity index (χ4v) is 2.44. The molecule has 0 fully saturated rings. The largest absolute Gasteiger partial charge is 0.478 e. The maximum Gasteiger partial charge on any atom is 0.336 e. The van der Waals surface area contributed by atoms with Crippen molar-refractivity contribution in [2.24, 2.45) is 0 Å². The van der Waals surface area contributed by atoms with E-state index >= 15 is 0 Å². The molecule has 0 aliphatic heterocycles. The molecule has 0 atom stereocenters. The van der Waals surface area contributed by atoms with E-state index in [-0.39, 0.29) is 33.9 Å². The Balaban J connectivity index is 1.82. The number of carboxylic acid groups (broad SMARTS) is 2. The van der Waals surface area contributed by atoms with Gasteiger partial charge in [-0.2, -0.15) is 0 Å². The predicted molar refractivity (Wildman–Crippen MR) is 97.0 cm³/mol. The lowest BCUT2D eigenvalue weighted by Gasteiger charge is -2.08. The van der Waals surface area contributed by atoms with Crippen LogP contribution in [0.2, 0.25) is 0 Å². The fraction of sp³-hybridized carbons (Fsp3) is 0. The van der Waals surface area contributed by atoms with Gasteiger partial charge >= 0.3 is 11.9 Å². The molecule has 3 aromatic rings. The zero-order valence-corrected chi connectivity index (χ0v) is 14.4. The van der Waals surface area contributed by atoms with E-state index in [1.807, 2.05) is 0 Å². The number of aromatic nitrogens is 2. The number of anilines is 2. The van der Waals surface area contributed by atoms with Crippen molar-refractivity contribution in [1.82, 2.24) is 10.3 Å². The van der Waals surface area contributed by atoms with Crippen LogP contribution in [0.15, 0.2) is 53.2 Å². The van der Waals surface area contributed by atoms with Crippen LogP contribution in [0, 0.1) is 0 Å². The molecule has 0 bridgehead atoms. The normalized spacial score (nSPS) is 10.2. The monoisotopic (exact) mass is 396 g/mol. The van der Waals surface area contributed by atoms with Gasteiger partial charge in [-0.15, -0.1) is 0 Å². The van der Waals surface area contributed by atoms with Crippen LogP contribution >= 0.6 is 0 Å². The van der Waals surface area contributed by atoms with E-state index in [1.54, 1.807) is 0 Å². The van der Waals surface area contributed by atoms with Crippen LogP contribution in [0.3, 0.4) is 0 Å². The third-order valence-corrected chi connectivity index (χ3v) is 3.76. The predicted octanol–water partition coefficient (Wildman–Crippen LogP) is 1.97. The van der Waals surface area contributed by atoms with Gasteiger partial charge in [0.05, 0.1) is 22.3 Å². The number of carboxylic acids is 2. The molecule has 0 saturated heterocycles. The van der Waals surface area contributed by atoms with E-state index < -0.39 is 23.8 Å². The number of amides is 2. The number of aromatic carboxylic acids is 2. The first-order valence-corrected chi connectivity index (χ1v) is 7.98. The van der Waals surface area contributed by atoms with Crippen LogP contribution in [-0.2, 0) is 0 Å². The first-order valence-electron chi connectivity index (χ1n) is 7.98. The van der Waals surface area contributed by atoms with Crippen LogP contribution in [-0.4, -0.2) is 44.3 Å². The Bertz CT molecular complexity index is 1040. The van der Waals surface area contributed by atoms with Crippen molar-refractivity contribution < 1.29 is 34.0 Å². The average molecular weight is 396 g/mol. The molecule has 0 aliphatic rings. The topological polar surface area (TPSA) is 172 Å². The van der Waals surface area contributed by atoms with E-state index in [9.17, 15) is 29.4 Å². The van der Waals surface area contributed by atoms with Gasteiger partial charge in [0.25, 0.3) is 11.8 Å². The van der Waals surface area contributed by atoms with Crippen molar-refractivity contribution in [3.05, 3.63) is 70.8 Å². The Hall–Kier alpha value is -4.54. The van der Waals surface area contributed by atoms with Gasteiger partial charge in [-0.1, -0.05) is 24.3 Å². The Morgan fingerprint density at radius 2 is 1.00 bits per heavy atom. The van der Waals surface area contributed by atoms with Crippen molar-refractivity contribution >= 4 is 35.4 Å². The highest BCUT2D eigenvalue weighted by Gasteiger charge is 2.22. The van der Waals surface area contributed by atoms with Gasteiger partial charge in [0, 0.05) is 0 Å². The Kier molecular flexibility index (Phi) is 5.30. The quantitative estimate of drug-likeness (QED) is 0.486. The summed E-state index contributed by atoms with van der Waals surface area (Å²) in [7, 11) is 0. The highest BCUT2D eigenvalue weighted by Crippen LogP contribution is 2.20. The summed E-state index contributed by atoms with van der Waals surface area (Å²) in [5.74, 6) is -4.80. The summed E-state index contributed by atoms with van der Waals surface area (Å²) in [4.78, 5) is 47.3. The number of rotatable bonds is 6. The van der Waals surface area contributed by atoms with Gasteiger partial charge in [0.2, 0.25) is 11.6 Å². The zero-order valence-electron chi connectivity index (χ0n) is 14.4. The molecule has 0 aliphatic carbocycles. The molecule has 2 amide bonds. The number of nitrogens with one attached hydrogen (secondary N) is 2. The summed E-state index contributed by atoms with van der Waals surface area (Å²) >= 11 is 0. The standard InChI is InChI=1S/C18H12N4O7/c23-15(9-5-1-3-7-11(9)17(25)26)19-13-14(22-29-21-13)20-16(24)10-6-2-4-8-12(10)18(27)28/h1-8H,(H,25,26)(H,27,28)(H,19,21,23)(H,20,22,24). The second-order valence-electron chi connectivity index (χ2n) is 5.57. The number of nitrogens with zero attached hydrogens (tertiary/aromatic N) is 2. The molecule has 29 heavy (non-hydrogen) atoms. The fourth-order valence-electron chi connectivity index (χ4n) is 2.44. The molecule has 0 radical (unpaired) electrons. The molecule has 0 spiro atoms. The summed E-state index contributed by atoms with van der Waals surface area (Å²) in [6.45, 7) is 0. The van der Waals surface area contributed by atoms with Crippen molar-refractivity contribution in [2.75, 3.05) is 10.6 Å². The third kappa shape index (κ3) is 4.08. The van der Waals surface area contributed by atoms with E-state index in [1.165, 1.54) is 48.5 Å². The third-order valence-electron chi connectivity index (χ3n) is 3.76. The van der Waals surface area contributed by atoms with Crippen molar-refractivity contribution in [1.29, 1.82) is 0 Å². The van der Waals surface area contributed by atoms with Gasteiger partial charge in [0.1, 0.15) is 0 Å². The summed E-state index contributed by atoms with van der Waals surface area (Å²) < 4.78 is 4.51. The Labute approximate surface area is 161 Å². The molecule has 2 aromatic carbocycles. The maximum absolute atomic E-state index is 12.4. The van der Waals surface area contributed by atoms with E-state index in [0.29, 0.717) is 0 Å². The SMILES string of the molecule is O=C(O)c1ccccc1C(=O)Nc1nonc1NC(=O)c1ccccc1C(=O)O. The molecule has 0 saturated carbocycles. The number of carbonyl (C=O) groups is 4. The smallest absolute Gasteiger partial charge is 0.336 e. The first-order chi connectivity index (χ1) is 13.9. The van der Waals surface area contributed by atoms with Crippen LogP contribution in [0.5, 0.6) is 0 Å². The van der Waals surface area contributed by atoms with Gasteiger partial charge < -0.3 is 20.8 Å². The van der Waals surface area contributed by atoms with Crippen LogP contribution in [0.25, 0.3) is 0 Å². The highest BCUT2D eigenvalue weighted by molar-refractivity contribution is 6.13. The summed E-state index contributed by atoms with van der Waals surface area (Å²) in [6.07, 6.45) is 0. The number of hydrogen-bond acceptors (Lipinski definition) is 7. The number of carbonyl (C=O) groups excluding carboxylic acids is 2. The van der Waals surface area contributed by atoms with Crippen molar-refractivity contribution in [3.63, 3.8) is 0 Å². The summed E-state index contributed by atoms with van der Waals surface area (Å²) in [5, 5.41) is 29.9. The second-order valence-corrected chi connectivity index (χ2v) is 5.57. The lowest BCUT2D eigenvalue weighted by atomic mass is 10.1. The first kappa shape index (κ1) is 19.2. The minimum Gasteiger partial charge on any atom is -0.478 e. The molecule has 4 N–H and O–H groups in total. The molecule has 1 aromatic heterocycles. The van der Waals surface area contributed by atoms with Gasteiger partial charge in [-0.05, 0) is 34.6 Å². The lowest BCUT2D eigenvalue weighted by Crippen LogP contribution is -2.20. The van der Waals surface area contributed by atoms with E-state index in [0.717, 1.165) is 0 Å². The van der Waals surface area contributed by atoms with E-state index in [4.69, 9.17) is 0 Å². The minimum atomic E-state index is -1.30. The van der Waals surface area contributed by atoms with Gasteiger partial charge in [-0.25, -0.2) is 14.2 Å². The zero-order chi connectivity index (χ0) is 21.0. The molecular weight excluding hydrogens is 384 g/mol. The van der Waals surface area contributed by atoms with Crippen molar-refractivity contribution in [3.8, 4) is 0 Å². The highest BCUT2D eigenvalue weighted by atomic mass is 16.6. The van der Waals surface area contributed by atoms with Crippen LogP contribution in [0.1, 0.15) is 41.4 Å². The van der Waals surface area contributed by atoms with Gasteiger partial charge in [-0.3, -0.25) is 9.59 Å². The van der Waals surface area contributed by atoms with Crippen LogP contribution < -0.4 is 10.6 Å². The summed E-state index contributed by atoms with van der Waals surface area (Å²) in [6, 6.07) is 11.0. The Morgan fingerprint density at radius 3 is 1.34 bits per heavy atom. The molecule has 1 heterocycles. The Morgan fingerprint density at radius 1 is 0.655 bits per heavy atom. The average Bonchev–Trinajstić information content (AvgIpc) is 3.14. The number of benzene rings is 2. The van der Waals surface area contributed by atoms with Crippen molar-refractivity contribution in [2.45, 2.75) is 0 Å². The van der Waals surface area contributed by atoms with Gasteiger partial charge in [0.15, 0.2) is 0 Å². The molecule has 11 nitrogen and oxygen atoms in total. The second kappa shape index (κ2) is 8.00. The van der Waals surface area contributed by atoms with Crippen LogP contribution in [0.4, 0.5) is 11.6 Å². The number of hydrogen-bond donors (Lipinski definition) is 4. The summed E-state index contributed by atoms with van der Waals surface area (Å²) in [5.41, 5.74) is -0.752. The molecule has 0 unspecified atom stereocenters. The maximum atomic E-state index is 12.4. The lowest BCUT2D eigenvalue weighted by molar-refractivity contribution is 0.0683. The molecular formula is C18H12N4O7. The molecule has 11 heteroatoms. The molecule has 146 valence electrons. The van der Waals surface area contributed by atoms with E-state index in [2.05, 4.69) is 25.6 Å². The minimum absolute atomic E-state index is 0.142.